The van der Waals surface area contributed by atoms with Crippen molar-refractivity contribution in [2.45, 2.75) is 12.1 Å². The third kappa shape index (κ3) is 2.29. The van der Waals surface area contributed by atoms with Crippen LogP contribution in [0.25, 0.3) is 0 Å². The zero-order chi connectivity index (χ0) is 19.3. The van der Waals surface area contributed by atoms with Crippen molar-refractivity contribution in [3.63, 3.8) is 0 Å². The second-order valence-corrected chi connectivity index (χ2v) is 7.21. The molecular formula is C20H15ClN4O3. The van der Waals surface area contributed by atoms with Gasteiger partial charge >= 0.3 is 0 Å². The lowest BCUT2D eigenvalue weighted by Gasteiger charge is -2.45. The number of nitrogens with zero attached hydrogens (tertiary/aromatic N) is 4. The number of pyridine rings is 2. The molecule has 1 unspecified atom stereocenters. The molecule has 8 heteroatoms. The summed E-state index contributed by atoms with van der Waals surface area (Å²) >= 11 is 6.03. The number of furan rings is 1. The zero-order valence-electron chi connectivity index (χ0n) is 14.7. The lowest BCUT2D eigenvalue weighted by atomic mass is 9.88. The molecule has 2 amide bonds. The van der Waals surface area contributed by atoms with Gasteiger partial charge in [-0.3, -0.25) is 19.6 Å². The molecule has 0 aliphatic carbocycles. The van der Waals surface area contributed by atoms with Crippen LogP contribution >= 0.6 is 11.6 Å². The molecule has 1 atom stereocenters. The van der Waals surface area contributed by atoms with E-state index in [-0.39, 0.29) is 11.8 Å². The van der Waals surface area contributed by atoms with Crippen molar-refractivity contribution in [1.29, 1.82) is 0 Å². The summed E-state index contributed by atoms with van der Waals surface area (Å²) in [6.45, 7) is 0.787. The molecule has 0 bridgehead atoms. The number of carbonyl (C=O) groups excluding carboxylic acids is 2. The molecule has 2 aliphatic heterocycles. The Balaban J connectivity index is 1.71. The van der Waals surface area contributed by atoms with Crippen molar-refractivity contribution in [2.24, 2.45) is 0 Å². The Bertz CT molecular complexity index is 1070. The fourth-order valence-corrected chi connectivity index (χ4v) is 4.23. The lowest BCUT2D eigenvalue weighted by molar-refractivity contribution is 0.00487. The van der Waals surface area contributed by atoms with Gasteiger partial charge in [-0.25, -0.2) is 0 Å². The van der Waals surface area contributed by atoms with Crippen LogP contribution in [0.2, 0.25) is 5.02 Å². The number of hydrogen-bond donors (Lipinski definition) is 0. The molecule has 1 fully saturated rings. The number of carbonyl (C=O) groups is 2. The van der Waals surface area contributed by atoms with Crippen molar-refractivity contribution in [3.8, 4) is 0 Å². The number of fused-ring (bicyclic) bond motifs is 2. The second kappa shape index (κ2) is 6.17. The maximum Gasteiger partial charge on any atom is 0.259 e. The first-order valence-corrected chi connectivity index (χ1v) is 9.21. The minimum absolute atomic E-state index is 0.159. The predicted molar refractivity (Wildman–Crippen MR) is 99.6 cm³/mol. The first-order chi connectivity index (χ1) is 13.6. The van der Waals surface area contributed by atoms with Gasteiger partial charge in [0.15, 0.2) is 5.66 Å². The van der Waals surface area contributed by atoms with E-state index >= 15 is 0 Å². The van der Waals surface area contributed by atoms with Crippen LogP contribution in [0, 0.1) is 0 Å². The average Bonchev–Trinajstić information content (AvgIpc) is 3.37. The number of amides is 2. The molecule has 0 aromatic carbocycles. The Morgan fingerprint density at radius 1 is 1.18 bits per heavy atom. The summed E-state index contributed by atoms with van der Waals surface area (Å²) in [6.07, 6.45) is 6.40. The van der Waals surface area contributed by atoms with Crippen LogP contribution in [0.3, 0.4) is 0 Å². The van der Waals surface area contributed by atoms with Crippen LogP contribution in [0.1, 0.15) is 32.1 Å². The smallest absolute Gasteiger partial charge is 0.259 e. The van der Waals surface area contributed by atoms with Gasteiger partial charge in [0.25, 0.3) is 11.8 Å². The van der Waals surface area contributed by atoms with Gasteiger partial charge in [-0.2, -0.15) is 0 Å². The Morgan fingerprint density at radius 2 is 2.07 bits per heavy atom. The molecule has 3 aromatic rings. The highest BCUT2D eigenvalue weighted by molar-refractivity contribution is 6.30. The van der Waals surface area contributed by atoms with E-state index in [1.165, 1.54) is 18.7 Å². The molecule has 0 radical (unpaired) electrons. The molecule has 5 rings (SSSR count). The molecule has 7 nitrogen and oxygen atoms in total. The minimum atomic E-state index is -1.06. The van der Waals surface area contributed by atoms with E-state index in [9.17, 15) is 9.59 Å². The SMILES string of the molecule is O=C(c1ccoc1)N1CCN2C(=O)c3cccnc3CC12c1ccc(Cl)cn1. The maximum absolute atomic E-state index is 13.3. The summed E-state index contributed by atoms with van der Waals surface area (Å²) in [6, 6.07) is 8.61. The Kier molecular flexibility index (Phi) is 3.73. The van der Waals surface area contributed by atoms with Crippen molar-refractivity contribution >= 4 is 23.4 Å². The van der Waals surface area contributed by atoms with Gasteiger partial charge in [-0.15, -0.1) is 0 Å². The van der Waals surface area contributed by atoms with Gasteiger partial charge in [-0.1, -0.05) is 11.6 Å². The van der Waals surface area contributed by atoms with Crippen LogP contribution in [0.5, 0.6) is 0 Å². The molecule has 5 heterocycles. The summed E-state index contributed by atoms with van der Waals surface area (Å²) < 4.78 is 5.09. The standard InChI is InChI=1S/C20H15ClN4O3/c21-14-3-4-17(23-11-14)20-10-16-15(2-1-6-22-16)19(27)25(20)8-7-24(20)18(26)13-5-9-28-12-13/h1-6,9,11-12H,7-8,10H2. The van der Waals surface area contributed by atoms with Crippen LogP contribution in [-0.2, 0) is 12.1 Å². The quantitative estimate of drug-likeness (QED) is 0.667. The van der Waals surface area contributed by atoms with Crippen LogP contribution in [-0.4, -0.2) is 44.7 Å². The summed E-state index contributed by atoms with van der Waals surface area (Å²) in [5.74, 6) is -0.381. The molecule has 1 saturated heterocycles. The van der Waals surface area contributed by atoms with E-state index in [2.05, 4.69) is 9.97 Å². The first-order valence-electron chi connectivity index (χ1n) is 8.83. The molecule has 3 aromatic heterocycles. The van der Waals surface area contributed by atoms with Crippen molar-refractivity contribution in [3.05, 3.63) is 82.8 Å². The van der Waals surface area contributed by atoms with Crippen LogP contribution < -0.4 is 0 Å². The fraction of sp³-hybridized carbons (Fsp3) is 0.200. The third-order valence-electron chi connectivity index (χ3n) is 5.37. The zero-order valence-corrected chi connectivity index (χ0v) is 15.5. The number of hydrogen-bond acceptors (Lipinski definition) is 5. The minimum Gasteiger partial charge on any atom is -0.472 e. The lowest BCUT2D eigenvalue weighted by Crippen LogP contribution is -2.59. The molecule has 0 N–H and O–H groups in total. The Labute approximate surface area is 165 Å². The second-order valence-electron chi connectivity index (χ2n) is 6.78. The number of aromatic nitrogens is 2. The first kappa shape index (κ1) is 16.9. The number of rotatable bonds is 2. The summed E-state index contributed by atoms with van der Waals surface area (Å²) in [5.41, 5.74) is 1.15. The highest BCUT2D eigenvalue weighted by Gasteiger charge is 2.57. The van der Waals surface area contributed by atoms with Gasteiger partial charge in [0.2, 0.25) is 0 Å². The van der Waals surface area contributed by atoms with Gasteiger partial charge < -0.3 is 14.2 Å². The Hall–Kier alpha value is -3.19. The highest BCUT2D eigenvalue weighted by atomic mass is 35.5. The van der Waals surface area contributed by atoms with Crippen molar-refractivity contribution in [2.75, 3.05) is 13.1 Å². The van der Waals surface area contributed by atoms with Crippen LogP contribution in [0.15, 0.2) is 59.7 Å². The van der Waals surface area contributed by atoms with E-state index in [1.54, 1.807) is 46.3 Å². The molecule has 2 aliphatic rings. The van der Waals surface area contributed by atoms with Crippen molar-refractivity contribution < 1.29 is 14.0 Å². The van der Waals surface area contributed by atoms with E-state index in [1.807, 2.05) is 0 Å². The van der Waals surface area contributed by atoms with Gasteiger partial charge in [0.1, 0.15) is 6.26 Å². The normalized spacial score (nSPS) is 20.8. The number of halogens is 1. The van der Waals surface area contributed by atoms with Gasteiger partial charge in [0.05, 0.1) is 33.8 Å². The molecule has 28 heavy (non-hydrogen) atoms. The van der Waals surface area contributed by atoms with Crippen molar-refractivity contribution in [1.82, 2.24) is 19.8 Å². The Morgan fingerprint density at radius 3 is 2.82 bits per heavy atom. The third-order valence-corrected chi connectivity index (χ3v) is 5.59. The van der Waals surface area contributed by atoms with E-state index in [0.29, 0.717) is 47.0 Å². The summed E-state index contributed by atoms with van der Waals surface area (Å²) in [4.78, 5) is 38.9. The maximum atomic E-state index is 13.3. The monoisotopic (exact) mass is 394 g/mol. The predicted octanol–water partition coefficient (Wildman–Crippen LogP) is 2.73. The molecular weight excluding hydrogens is 380 g/mol. The molecule has 140 valence electrons. The van der Waals surface area contributed by atoms with E-state index in [0.717, 1.165) is 0 Å². The largest absolute Gasteiger partial charge is 0.472 e. The average molecular weight is 395 g/mol. The van der Waals surface area contributed by atoms with E-state index in [4.69, 9.17) is 16.0 Å². The van der Waals surface area contributed by atoms with E-state index < -0.39 is 5.66 Å². The molecule has 0 spiro atoms. The topological polar surface area (TPSA) is 79.5 Å². The molecule has 0 saturated carbocycles. The van der Waals surface area contributed by atoms with Crippen LogP contribution in [0.4, 0.5) is 0 Å². The summed E-state index contributed by atoms with van der Waals surface area (Å²) in [5, 5.41) is 0.484. The van der Waals surface area contributed by atoms with Gasteiger partial charge in [0, 0.05) is 31.9 Å². The fourth-order valence-electron chi connectivity index (χ4n) is 4.12. The summed E-state index contributed by atoms with van der Waals surface area (Å²) in [7, 11) is 0. The van der Waals surface area contributed by atoms with Gasteiger partial charge in [-0.05, 0) is 30.3 Å². The highest BCUT2D eigenvalue weighted by Crippen LogP contribution is 2.44.